The molecule has 0 N–H and O–H groups in total. The van der Waals surface area contributed by atoms with Gasteiger partial charge in [0, 0.05) is 25.5 Å². The Balaban J connectivity index is 2.17. The number of nitrogens with zero attached hydrogens (tertiary/aromatic N) is 2. The fourth-order valence-corrected chi connectivity index (χ4v) is 6.54. The van der Waals surface area contributed by atoms with Gasteiger partial charge in [0.2, 0.25) is 0 Å². The lowest BCUT2D eigenvalue weighted by molar-refractivity contribution is 0.135. The quantitative estimate of drug-likeness (QED) is 0.0755. The summed E-state index contributed by atoms with van der Waals surface area (Å²) in [4.78, 5) is 5.41. The maximum atomic E-state index is 2.71. The molecule has 0 amide bonds. The lowest BCUT2D eigenvalue weighted by Gasteiger charge is -2.33. The maximum absolute atomic E-state index is 2.71. The van der Waals surface area contributed by atoms with E-state index in [1.54, 1.807) is 0 Å². The van der Waals surface area contributed by atoms with Crippen LogP contribution >= 0.6 is 0 Å². The van der Waals surface area contributed by atoms with Gasteiger partial charge < -0.3 is 9.80 Å². The molecule has 0 aromatic carbocycles. The maximum Gasteiger partial charge on any atom is 0.101 e. The summed E-state index contributed by atoms with van der Waals surface area (Å²) >= 11 is 0. The molecule has 0 aromatic rings. The first-order chi connectivity index (χ1) is 19.8. The highest BCUT2D eigenvalue weighted by Gasteiger charge is 2.24. The topological polar surface area (TPSA) is 6.48 Å². The van der Waals surface area contributed by atoms with Crippen LogP contribution in [-0.2, 0) is 0 Å². The van der Waals surface area contributed by atoms with Gasteiger partial charge in [-0.1, -0.05) is 188 Å². The first-order valence-corrected chi connectivity index (χ1v) is 19.0. The van der Waals surface area contributed by atoms with Gasteiger partial charge in [-0.2, -0.15) is 0 Å². The molecule has 0 radical (unpaired) electrons. The third kappa shape index (κ3) is 22.0. The summed E-state index contributed by atoms with van der Waals surface area (Å²) < 4.78 is 0. The SMILES string of the molecule is CCCCCCCCCCCCCCCCN1C=CN(CCCCCCCC)C1CCCCCCCCCCC. The second kappa shape index (κ2) is 29.8. The van der Waals surface area contributed by atoms with Crippen LogP contribution in [0.1, 0.15) is 213 Å². The zero-order chi connectivity index (χ0) is 28.8. The fourth-order valence-electron chi connectivity index (χ4n) is 6.54. The molecule has 0 saturated heterocycles. The molecule has 2 nitrogen and oxygen atoms in total. The van der Waals surface area contributed by atoms with E-state index in [9.17, 15) is 0 Å². The van der Waals surface area contributed by atoms with Crippen molar-refractivity contribution < 1.29 is 0 Å². The molecule has 238 valence electrons. The zero-order valence-corrected chi connectivity index (χ0v) is 28.3. The Kier molecular flexibility index (Phi) is 27.9. The third-order valence-corrected chi connectivity index (χ3v) is 9.32. The van der Waals surface area contributed by atoms with E-state index in [0.29, 0.717) is 6.17 Å². The van der Waals surface area contributed by atoms with Crippen LogP contribution in [0.25, 0.3) is 0 Å². The average molecular weight is 561 g/mol. The van der Waals surface area contributed by atoms with Crippen LogP contribution in [0, 0.1) is 0 Å². The van der Waals surface area contributed by atoms with E-state index in [-0.39, 0.29) is 0 Å². The summed E-state index contributed by atoms with van der Waals surface area (Å²) in [6, 6.07) is 0. The Morgan fingerprint density at radius 3 is 0.875 bits per heavy atom. The summed E-state index contributed by atoms with van der Waals surface area (Å²) in [5.74, 6) is 0. The van der Waals surface area contributed by atoms with Crippen molar-refractivity contribution in [2.24, 2.45) is 0 Å². The lowest BCUT2D eigenvalue weighted by atomic mass is 10.0. The molecule has 0 fully saturated rings. The van der Waals surface area contributed by atoms with Gasteiger partial charge in [0.15, 0.2) is 0 Å². The van der Waals surface area contributed by atoms with Crippen LogP contribution in [0.3, 0.4) is 0 Å². The predicted molar refractivity (Wildman–Crippen MR) is 182 cm³/mol. The Morgan fingerprint density at radius 1 is 0.325 bits per heavy atom. The molecule has 0 aliphatic carbocycles. The summed E-state index contributed by atoms with van der Waals surface area (Å²) in [6.07, 6.45) is 48.4. The second-order valence-electron chi connectivity index (χ2n) is 13.2. The van der Waals surface area contributed by atoms with Crippen molar-refractivity contribution in [1.82, 2.24) is 9.80 Å². The molecule has 40 heavy (non-hydrogen) atoms. The summed E-state index contributed by atoms with van der Waals surface area (Å²) in [6.45, 7) is 9.48. The smallest absolute Gasteiger partial charge is 0.101 e. The van der Waals surface area contributed by atoms with Gasteiger partial charge in [0.1, 0.15) is 6.17 Å². The van der Waals surface area contributed by atoms with Crippen molar-refractivity contribution in [3.8, 4) is 0 Å². The number of unbranched alkanes of at least 4 members (excludes halogenated alkanes) is 26. The van der Waals surface area contributed by atoms with Crippen molar-refractivity contribution >= 4 is 0 Å². The first-order valence-electron chi connectivity index (χ1n) is 19.0. The van der Waals surface area contributed by atoms with Gasteiger partial charge in [0.05, 0.1) is 0 Å². The average Bonchev–Trinajstić information content (AvgIpc) is 3.35. The zero-order valence-electron chi connectivity index (χ0n) is 28.3. The Hall–Kier alpha value is -0.660. The van der Waals surface area contributed by atoms with Crippen LogP contribution in [-0.4, -0.2) is 29.1 Å². The molecule has 1 heterocycles. The molecule has 0 aromatic heterocycles. The number of rotatable bonds is 32. The minimum absolute atomic E-state index is 0.641. The number of hydrogen-bond donors (Lipinski definition) is 0. The molecular formula is C38H76N2. The first kappa shape index (κ1) is 37.4. The van der Waals surface area contributed by atoms with E-state index in [1.807, 2.05) is 0 Å². The molecular weight excluding hydrogens is 484 g/mol. The van der Waals surface area contributed by atoms with E-state index in [1.165, 1.54) is 206 Å². The van der Waals surface area contributed by atoms with Crippen LogP contribution in [0.2, 0.25) is 0 Å². The Labute approximate surface area is 254 Å². The van der Waals surface area contributed by atoms with Gasteiger partial charge in [-0.05, 0) is 25.7 Å². The highest BCUT2D eigenvalue weighted by atomic mass is 15.4. The van der Waals surface area contributed by atoms with Crippen LogP contribution < -0.4 is 0 Å². The Bertz CT molecular complexity index is 516. The van der Waals surface area contributed by atoms with E-state index in [4.69, 9.17) is 0 Å². The molecule has 2 heteroatoms. The van der Waals surface area contributed by atoms with Crippen molar-refractivity contribution in [2.75, 3.05) is 13.1 Å². The van der Waals surface area contributed by atoms with E-state index >= 15 is 0 Å². The van der Waals surface area contributed by atoms with Gasteiger partial charge in [0.25, 0.3) is 0 Å². The summed E-state index contributed by atoms with van der Waals surface area (Å²) in [7, 11) is 0. The summed E-state index contributed by atoms with van der Waals surface area (Å²) in [5.41, 5.74) is 0. The molecule has 0 bridgehead atoms. The van der Waals surface area contributed by atoms with Crippen LogP contribution in [0.5, 0.6) is 0 Å². The minimum atomic E-state index is 0.641. The van der Waals surface area contributed by atoms with Crippen LogP contribution in [0.15, 0.2) is 12.4 Å². The van der Waals surface area contributed by atoms with E-state index < -0.39 is 0 Å². The molecule has 1 unspecified atom stereocenters. The van der Waals surface area contributed by atoms with Gasteiger partial charge in [-0.3, -0.25) is 0 Å². The molecule has 1 rings (SSSR count). The van der Waals surface area contributed by atoms with Crippen LogP contribution in [0.4, 0.5) is 0 Å². The lowest BCUT2D eigenvalue weighted by Crippen LogP contribution is -2.39. The van der Waals surface area contributed by atoms with Crippen molar-refractivity contribution in [3.63, 3.8) is 0 Å². The summed E-state index contributed by atoms with van der Waals surface area (Å²) in [5, 5.41) is 0. The largest absolute Gasteiger partial charge is 0.356 e. The molecule has 1 aliphatic rings. The standard InChI is InChI=1S/C38H76N2/c1-4-7-10-13-16-18-19-20-21-22-24-26-29-32-35-40-37-36-39(34-31-28-15-12-9-6-3)38(40)33-30-27-25-23-17-14-11-8-5-2/h36-38H,4-35H2,1-3H3. The van der Waals surface area contributed by atoms with E-state index in [2.05, 4.69) is 43.0 Å². The highest BCUT2D eigenvalue weighted by Crippen LogP contribution is 2.24. The monoisotopic (exact) mass is 561 g/mol. The highest BCUT2D eigenvalue weighted by molar-refractivity contribution is 4.97. The molecule has 1 atom stereocenters. The van der Waals surface area contributed by atoms with Gasteiger partial charge >= 0.3 is 0 Å². The third-order valence-electron chi connectivity index (χ3n) is 9.32. The molecule has 0 spiro atoms. The number of hydrogen-bond acceptors (Lipinski definition) is 2. The molecule has 0 saturated carbocycles. The molecule has 1 aliphatic heterocycles. The van der Waals surface area contributed by atoms with Crippen molar-refractivity contribution in [2.45, 2.75) is 220 Å². The van der Waals surface area contributed by atoms with Crippen molar-refractivity contribution in [1.29, 1.82) is 0 Å². The minimum Gasteiger partial charge on any atom is -0.356 e. The van der Waals surface area contributed by atoms with Gasteiger partial charge in [-0.15, -0.1) is 0 Å². The van der Waals surface area contributed by atoms with Gasteiger partial charge in [-0.25, -0.2) is 0 Å². The second-order valence-corrected chi connectivity index (χ2v) is 13.2. The normalized spacial score (nSPS) is 15.1. The van der Waals surface area contributed by atoms with Crippen molar-refractivity contribution in [3.05, 3.63) is 12.4 Å². The predicted octanol–water partition coefficient (Wildman–Crippen LogP) is 13.2. The van der Waals surface area contributed by atoms with E-state index in [0.717, 1.165) is 0 Å². The fraction of sp³-hybridized carbons (Fsp3) is 0.947. The Morgan fingerprint density at radius 2 is 0.575 bits per heavy atom.